The van der Waals surface area contributed by atoms with Gasteiger partial charge in [0.2, 0.25) is 5.88 Å². The van der Waals surface area contributed by atoms with Crippen molar-refractivity contribution in [2.45, 2.75) is 25.2 Å². The summed E-state index contributed by atoms with van der Waals surface area (Å²) < 4.78 is 35.3. The van der Waals surface area contributed by atoms with Gasteiger partial charge in [0.25, 0.3) is 0 Å². The molecule has 0 unspecified atom stereocenters. The van der Waals surface area contributed by atoms with Gasteiger partial charge in [-0.15, -0.1) is 5.10 Å². The predicted molar refractivity (Wildman–Crippen MR) is 110 cm³/mol. The Kier molecular flexibility index (Phi) is 5.10. The largest absolute Gasteiger partial charge is 0.481 e. The molecular weight excluding hydrogens is 420 g/mol. The number of alkyl halides is 1. The number of nitrogens with zero attached hydrogens (tertiary/aromatic N) is 7. The number of halogens is 2. The minimum Gasteiger partial charge on any atom is -0.481 e. The third-order valence-electron chi connectivity index (χ3n) is 5.39. The van der Waals surface area contributed by atoms with Crippen LogP contribution in [-0.4, -0.2) is 54.5 Å². The standard InChI is InChI=1S/C21H19F2N7O2/c1-32-21-15(6-12(22)8-26-21)16-7-13(23)10-29(16)19-3-2-18-25-9-17(30(18)28-19)20-24-5-4-14(11-31)27-20/h2-6,8-9,13,16,31H,7,10-11H2,1H3/t13-,16+/m0/s1. The maximum atomic E-state index is 14.5. The highest BCUT2D eigenvalue weighted by Crippen LogP contribution is 2.40. The molecule has 1 saturated heterocycles. The average molecular weight is 439 g/mol. The number of ether oxygens (including phenoxy) is 1. The van der Waals surface area contributed by atoms with E-state index < -0.39 is 18.0 Å². The molecule has 32 heavy (non-hydrogen) atoms. The van der Waals surface area contributed by atoms with Crippen LogP contribution in [0.2, 0.25) is 0 Å². The third-order valence-corrected chi connectivity index (χ3v) is 5.39. The van der Waals surface area contributed by atoms with Crippen molar-refractivity contribution in [2.24, 2.45) is 0 Å². The number of imidazole rings is 1. The fraction of sp³-hybridized carbons (Fsp3) is 0.286. The van der Waals surface area contributed by atoms with E-state index in [1.165, 1.54) is 13.2 Å². The van der Waals surface area contributed by atoms with E-state index in [-0.39, 0.29) is 25.5 Å². The lowest BCUT2D eigenvalue weighted by Gasteiger charge is -2.26. The minimum absolute atomic E-state index is 0.0867. The highest BCUT2D eigenvalue weighted by molar-refractivity contribution is 5.58. The van der Waals surface area contributed by atoms with E-state index in [2.05, 4.69) is 25.0 Å². The molecule has 0 amide bonds. The lowest BCUT2D eigenvalue weighted by atomic mass is 10.1. The SMILES string of the molecule is COc1ncc(F)cc1[C@H]1C[C@H](F)CN1c1ccc2ncc(-c3nccc(CO)n3)n2n1. The zero-order chi connectivity index (χ0) is 22.2. The zero-order valence-electron chi connectivity index (χ0n) is 17.1. The summed E-state index contributed by atoms with van der Waals surface area (Å²) in [6.07, 6.45) is 3.22. The lowest BCUT2D eigenvalue weighted by molar-refractivity contribution is 0.277. The fourth-order valence-corrected chi connectivity index (χ4v) is 3.96. The molecule has 0 spiro atoms. The summed E-state index contributed by atoms with van der Waals surface area (Å²) in [5.74, 6) is 0.552. The van der Waals surface area contributed by atoms with E-state index in [1.807, 2.05) is 0 Å². The first kappa shape index (κ1) is 20.2. The van der Waals surface area contributed by atoms with Crippen LogP contribution in [0.25, 0.3) is 17.2 Å². The molecule has 1 aliphatic heterocycles. The third kappa shape index (κ3) is 3.50. The van der Waals surface area contributed by atoms with E-state index in [1.54, 1.807) is 40.0 Å². The summed E-state index contributed by atoms with van der Waals surface area (Å²) >= 11 is 0. The molecule has 1 aliphatic rings. The number of anilines is 1. The molecule has 4 aromatic rings. The predicted octanol–water partition coefficient (Wildman–Crippen LogP) is 2.51. The average Bonchev–Trinajstić information content (AvgIpc) is 3.42. The second-order valence-corrected chi connectivity index (χ2v) is 7.39. The molecule has 5 heterocycles. The van der Waals surface area contributed by atoms with Gasteiger partial charge in [0.1, 0.15) is 23.5 Å². The molecule has 0 radical (unpaired) electrons. The topological polar surface area (TPSA) is 102 Å². The highest BCUT2D eigenvalue weighted by atomic mass is 19.1. The van der Waals surface area contributed by atoms with E-state index in [0.717, 1.165) is 6.20 Å². The number of aromatic nitrogens is 6. The quantitative estimate of drug-likeness (QED) is 0.506. The summed E-state index contributed by atoms with van der Waals surface area (Å²) in [6.45, 7) is -0.134. The maximum absolute atomic E-state index is 14.5. The maximum Gasteiger partial charge on any atom is 0.218 e. The van der Waals surface area contributed by atoms with Crippen molar-refractivity contribution >= 4 is 11.5 Å². The fourth-order valence-electron chi connectivity index (χ4n) is 3.96. The molecule has 0 aromatic carbocycles. The van der Waals surface area contributed by atoms with Gasteiger partial charge in [-0.05, 0) is 24.3 Å². The Balaban J connectivity index is 1.58. The number of methoxy groups -OCH3 is 1. The summed E-state index contributed by atoms with van der Waals surface area (Å²) in [7, 11) is 1.44. The van der Waals surface area contributed by atoms with Gasteiger partial charge in [0.05, 0.1) is 44.4 Å². The summed E-state index contributed by atoms with van der Waals surface area (Å²) in [4.78, 5) is 18.7. The molecule has 0 bridgehead atoms. The van der Waals surface area contributed by atoms with Crippen LogP contribution in [0.3, 0.4) is 0 Å². The van der Waals surface area contributed by atoms with Crippen LogP contribution < -0.4 is 9.64 Å². The van der Waals surface area contributed by atoms with E-state index >= 15 is 0 Å². The van der Waals surface area contributed by atoms with Crippen LogP contribution >= 0.6 is 0 Å². The van der Waals surface area contributed by atoms with Crippen LogP contribution in [0.5, 0.6) is 5.88 Å². The molecular formula is C21H19F2N7O2. The van der Waals surface area contributed by atoms with Crippen molar-refractivity contribution in [1.82, 2.24) is 29.5 Å². The second-order valence-electron chi connectivity index (χ2n) is 7.39. The van der Waals surface area contributed by atoms with Crippen molar-refractivity contribution in [3.05, 3.63) is 59.9 Å². The Hall–Kier alpha value is -3.73. The zero-order valence-corrected chi connectivity index (χ0v) is 17.1. The van der Waals surface area contributed by atoms with Crippen molar-refractivity contribution in [1.29, 1.82) is 0 Å². The number of fused-ring (bicyclic) bond motifs is 1. The van der Waals surface area contributed by atoms with Gasteiger partial charge in [0.15, 0.2) is 11.5 Å². The van der Waals surface area contributed by atoms with Crippen LogP contribution in [0.1, 0.15) is 23.7 Å². The van der Waals surface area contributed by atoms with Crippen LogP contribution in [0.4, 0.5) is 14.6 Å². The first-order valence-corrected chi connectivity index (χ1v) is 9.95. The first-order chi connectivity index (χ1) is 15.6. The molecule has 0 aliphatic carbocycles. The van der Waals surface area contributed by atoms with Crippen molar-refractivity contribution in [3.8, 4) is 17.4 Å². The van der Waals surface area contributed by atoms with Crippen LogP contribution in [0, 0.1) is 5.82 Å². The second kappa shape index (κ2) is 8.08. The number of hydrogen-bond acceptors (Lipinski definition) is 8. The van der Waals surface area contributed by atoms with Gasteiger partial charge in [-0.25, -0.2) is 33.2 Å². The molecule has 9 nitrogen and oxygen atoms in total. The van der Waals surface area contributed by atoms with Crippen LogP contribution in [0.15, 0.2) is 42.9 Å². The summed E-state index contributed by atoms with van der Waals surface area (Å²) in [5.41, 5.74) is 2.00. The van der Waals surface area contributed by atoms with Crippen molar-refractivity contribution in [3.63, 3.8) is 0 Å². The normalized spacial score (nSPS) is 18.4. The molecule has 2 atom stereocenters. The van der Waals surface area contributed by atoms with E-state index in [4.69, 9.17) is 4.74 Å². The van der Waals surface area contributed by atoms with Gasteiger partial charge < -0.3 is 14.7 Å². The molecule has 4 aromatic heterocycles. The monoisotopic (exact) mass is 439 g/mol. The Morgan fingerprint density at radius 1 is 1.19 bits per heavy atom. The van der Waals surface area contributed by atoms with Gasteiger partial charge in [-0.3, -0.25) is 0 Å². The Morgan fingerprint density at radius 2 is 2.06 bits per heavy atom. The van der Waals surface area contributed by atoms with Gasteiger partial charge in [0, 0.05) is 18.2 Å². The minimum atomic E-state index is -1.13. The molecule has 1 N–H and O–H groups in total. The van der Waals surface area contributed by atoms with Gasteiger partial charge >= 0.3 is 0 Å². The number of pyridine rings is 1. The Bertz CT molecular complexity index is 1280. The lowest BCUT2D eigenvalue weighted by Crippen LogP contribution is -2.26. The number of rotatable bonds is 5. The summed E-state index contributed by atoms with van der Waals surface area (Å²) in [5, 5.41) is 14.0. The number of aliphatic hydroxyl groups excluding tert-OH is 1. The van der Waals surface area contributed by atoms with Crippen LogP contribution in [-0.2, 0) is 6.61 Å². The Morgan fingerprint density at radius 3 is 2.88 bits per heavy atom. The smallest absolute Gasteiger partial charge is 0.218 e. The highest BCUT2D eigenvalue weighted by Gasteiger charge is 2.36. The molecule has 11 heteroatoms. The summed E-state index contributed by atoms with van der Waals surface area (Å²) in [6, 6.07) is 5.92. The Labute approximate surface area is 181 Å². The number of aliphatic hydroxyl groups is 1. The first-order valence-electron chi connectivity index (χ1n) is 9.95. The molecule has 1 fully saturated rings. The van der Waals surface area contributed by atoms with E-state index in [9.17, 15) is 13.9 Å². The van der Waals surface area contributed by atoms with Gasteiger partial charge in [-0.2, -0.15) is 0 Å². The van der Waals surface area contributed by atoms with Crippen molar-refractivity contribution < 1.29 is 18.6 Å². The molecule has 164 valence electrons. The molecule has 0 saturated carbocycles. The molecule has 5 rings (SSSR count). The van der Waals surface area contributed by atoms with Crippen molar-refractivity contribution in [2.75, 3.05) is 18.6 Å². The number of hydrogen-bond donors (Lipinski definition) is 1. The van der Waals surface area contributed by atoms with E-state index in [0.29, 0.717) is 34.2 Å². The van der Waals surface area contributed by atoms with Gasteiger partial charge in [-0.1, -0.05) is 0 Å².